The van der Waals surface area contributed by atoms with Gasteiger partial charge < -0.3 is 5.32 Å². The summed E-state index contributed by atoms with van der Waals surface area (Å²) in [5.74, 6) is -0.527. The van der Waals surface area contributed by atoms with Crippen LogP contribution in [-0.2, 0) is 4.79 Å². The molecule has 0 fully saturated rings. The van der Waals surface area contributed by atoms with Gasteiger partial charge in [0.05, 0.1) is 11.2 Å². The molecule has 0 bridgehead atoms. The van der Waals surface area contributed by atoms with Gasteiger partial charge in [0, 0.05) is 18.0 Å². The van der Waals surface area contributed by atoms with Gasteiger partial charge in [-0.15, -0.1) is 0 Å². The highest BCUT2D eigenvalue weighted by atomic mass is 16.2. The molecule has 3 aromatic rings. The maximum atomic E-state index is 12.3. The lowest BCUT2D eigenvalue weighted by Crippen LogP contribution is -2.20. The highest BCUT2D eigenvalue weighted by Gasteiger charge is 2.08. The molecular weight excluding hydrogens is 328 g/mol. The number of hydrazone groups is 1. The smallest absolute Gasteiger partial charge is 0.289 e. The minimum absolute atomic E-state index is 0.146. The van der Waals surface area contributed by atoms with Crippen LogP contribution in [0.15, 0.2) is 65.8 Å². The van der Waals surface area contributed by atoms with E-state index in [-0.39, 0.29) is 11.8 Å². The van der Waals surface area contributed by atoms with Crippen molar-refractivity contribution >= 4 is 34.1 Å². The Hall–Kier alpha value is -3.54. The normalized spacial score (nSPS) is 11.2. The summed E-state index contributed by atoms with van der Waals surface area (Å²) in [7, 11) is 0. The third-order valence-electron chi connectivity index (χ3n) is 3.76. The Morgan fingerprint density at radius 3 is 2.58 bits per heavy atom. The topological polar surface area (TPSA) is 83.5 Å². The van der Waals surface area contributed by atoms with Crippen molar-refractivity contribution in [3.8, 4) is 0 Å². The van der Waals surface area contributed by atoms with Crippen LogP contribution < -0.4 is 10.7 Å². The van der Waals surface area contributed by atoms with E-state index in [1.807, 2.05) is 42.5 Å². The average molecular weight is 346 g/mol. The van der Waals surface area contributed by atoms with Crippen molar-refractivity contribution in [3.63, 3.8) is 0 Å². The molecule has 0 saturated carbocycles. The van der Waals surface area contributed by atoms with E-state index < -0.39 is 0 Å². The first-order chi connectivity index (χ1) is 12.5. The lowest BCUT2D eigenvalue weighted by molar-refractivity contribution is -0.114. The van der Waals surface area contributed by atoms with Crippen molar-refractivity contribution in [2.24, 2.45) is 5.10 Å². The third-order valence-corrected chi connectivity index (χ3v) is 3.76. The van der Waals surface area contributed by atoms with Crippen molar-refractivity contribution in [3.05, 3.63) is 71.9 Å². The number of aromatic nitrogens is 1. The summed E-state index contributed by atoms with van der Waals surface area (Å²) >= 11 is 0. The molecule has 3 rings (SSSR count). The standard InChI is InChI=1S/C20H18N4O2/c1-13(16-7-5-8-17(12-16)21-14(2)25)23-24-20(26)19-11-10-15-6-3-4-9-18(15)22-19/h3-12H,1-2H3,(H,21,25)(H,24,26)/b23-13+. The molecular formula is C20H18N4O2. The summed E-state index contributed by atoms with van der Waals surface area (Å²) in [6, 6.07) is 18.4. The summed E-state index contributed by atoms with van der Waals surface area (Å²) in [5, 5.41) is 7.82. The summed E-state index contributed by atoms with van der Waals surface area (Å²) in [5.41, 5.74) is 5.66. The predicted octanol–water partition coefficient (Wildman–Crippen LogP) is 3.35. The molecule has 0 spiro atoms. The Morgan fingerprint density at radius 2 is 1.77 bits per heavy atom. The van der Waals surface area contributed by atoms with Gasteiger partial charge in [-0.3, -0.25) is 9.59 Å². The number of hydrogen-bond acceptors (Lipinski definition) is 4. The number of nitrogens with one attached hydrogen (secondary N) is 2. The van der Waals surface area contributed by atoms with Gasteiger partial charge in [0.25, 0.3) is 5.91 Å². The molecule has 2 aromatic carbocycles. The Balaban J connectivity index is 1.75. The number of rotatable bonds is 4. The lowest BCUT2D eigenvalue weighted by atomic mass is 10.1. The fourth-order valence-corrected chi connectivity index (χ4v) is 2.47. The van der Waals surface area contributed by atoms with Crippen molar-refractivity contribution in [2.45, 2.75) is 13.8 Å². The maximum Gasteiger partial charge on any atom is 0.289 e. The molecule has 0 aliphatic carbocycles. The first kappa shape index (κ1) is 17.3. The molecule has 26 heavy (non-hydrogen) atoms. The second-order valence-electron chi connectivity index (χ2n) is 5.79. The number of hydrogen-bond donors (Lipinski definition) is 2. The Kier molecular flexibility index (Phi) is 5.03. The van der Waals surface area contributed by atoms with Crippen molar-refractivity contribution in [2.75, 3.05) is 5.32 Å². The van der Waals surface area contributed by atoms with E-state index in [1.54, 1.807) is 25.1 Å². The zero-order chi connectivity index (χ0) is 18.5. The van der Waals surface area contributed by atoms with E-state index in [9.17, 15) is 9.59 Å². The summed E-state index contributed by atoms with van der Waals surface area (Å²) < 4.78 is 0. The van der Waals surface area contributed by atoms with Gasteiger partial charge >= 0.3 is 0 Å². The number of amides is 2. The van der Waals surface area contributed by atoms with E-state index in [0.29, 0.717) is 17.1 Å². The molecule has 2 amide bonds. The lowest BCUT2D eigenvalue weighted by Gasteiger charge is -2.06. The van der Waals surface area contributed by atoms with Crippen LogP contribution >= 0.6 is 0 Å². The summed E-state index contributed by atoms with van der Waals surface area (Å²) in [4.78, 5) is 27.8. The van der Waals surface area contributed by atoms with Crippen LogP contribution in [0.4, 0.5) is 5.69 Å². The van der Waals surface area contributed by atoms with Gasteiger partial charge in [-0.1, -0.05) is 36.4 Å². The summed E-state index contributed by atoms with van der Waals surface area (Å²) in [6.07, 6.45) is 0. The van der Waals surface area contributed by atoms with Crippen molar-refractivity contribution in [1.29, 1.82) is 0 Å². The van der Waals surface area contributed by atoms with Crippen molar-refractivity contribution in [1.82, 2.24) is 10.4 Å². The molecule has 0 saturated heterocycles. The number of benzene rings is 2. The van der Waals surface area contributed by atoms with Gasteiger partial charge in [-0.05, 0) is 36.8 Å². The van der Waals surface area contributed by atoms with Gasteiger partial charge in [-0.2, -0.15) is 5.10 Å². The van der Waals surface area contributed by atoms with Gasteiger partial charge in [0.1, 0.15) is 5.69 Å². The minimum atomic E-state index is -0.381. The van der Waals surface area contributed by atoms with E-state index in [1.165, 1.54) is 6.92 Å². The molecule has 6 nitrogen and oxygen atoms in total. The van der Waals surface area contributed by atoms with Gasteiger partial charge in [-0.25, -0.2) is 10.4 Å². The SMILES string of the molecule is CC(=O)Nc1cccc(/C(C)=N/NC(=O)c2ccc3ccccc3n2)c1. The highest BCUT2D eigenvalue weighted by molar-refractivity contribution is 6.02. The number of pyridine rings is 1. The van der Waals surface area contributed by atoms with E-state index in [0.717, 1.165) is 16.5 Å². The Morgan fingerprint density at radius 1 is 0.962 bits per heavy atom. The molecule has 130 valence electrons. The second-order valence-corrected chi connectivity index (χ2v) is 5.79. The number of nitrogens with zero attached hydrogens (tertiary/aromatic N) is 2. The minimum Gasteiger partial charge on any atom is -0.326 e. The number of anilines is 1. The maximum absolute atomic E-state index is 12.3. The largest absolute Gasteiger partial charge is 0.326 e. The van der Waals surface area contributed by atoms with Crippen LogP contribution in [0.25, 0.3) is 10.9 Å². The van der Waals surface area contributed by atoms with Crippen LogP contribution in [0.2, 0.25) is 0 Å². The fourth-order valence-electron chi connectivity index (χ4n) is 2.47. The van der Waals surface area contributed by atoms with Crippen LogP contribution in [0.1, 0.15) is 29.9 Å². The Bertz CT molecular complexity index is 1010. The van der Waals surface area contributed by atoms with Gasteiger partial charge in [0.15, 0.2) is 0 Å². The quantitative estimate of drug-likeness (QED) is 0.561. The van der Waals surface area contributed by atoms with Crippen LogP contribution in [0, 0.1) is 0 Å². The molecule has 6 heteroatoms. The van der Waals surface area contributed by atoms with E-state index >= 15 is 0 Å². The molecule has 2 N–H and O–H groups in total. The predicted molar refractivity (Wildman–Crippen MR) is 102 cm³/mol. The first-order valence-electron chi connectivity index (χ1n) is 8.11. The van der Waals surface area contributed by atoms with Crippen molar-refractivity contribution < 1.29 is 9.59 Å². The zero-order valence-corrected chi connectivity index (χ0v) is 14.5. The third kappa shape index (κ3) is 4.10. The fraction of sp³-hybridized carbons (Fsp3) is 0.100. The zero-order valence-electron chi connectivity index (χ0n) is 14.5. The monoisotopic (exact) mass is 346 g/mol. The Labute approximate surface area is 151 Å². The second kappa shape index (κ2) is 7.57. The number of carbonyl (C=O) groups is 2. The number of fused-ring (bicyclic) bond motifs is 1. The van der Waals surface area contributed by atoms with Crippen LogP contribution in [0.3, 0.4) is 0 Å². The number of para-hydroxylation sites is 1. The van der Waals surface area contributed by atoms with Crippen LogP contribution in [0.5, 0.6) is 0 Å². The molecule has 0 unspecified atom stereocenters. The average Bonchev–Trinajstić information content (AvgIpc) is 2.65. The molecule has 0 aliphatic heterocycles. The highest BCUT2D eigenvalue weighted by Crippen LogP contribution is 2.13. The molecule has 0 atom stereocenters. The number of carbonyl (C=O) groups excluding carboxylic acids is 2. The van der Waals surface area contributed by atoms with Gasteiger partial charge in [0.2, 0.25) is 5.91 Å². The van der Waals surface area contributed by atoms with E-state index in [4.69, 9.17) is 0 Å². The molecule has 1 heterocycles. The molecule has 0 radical (unpaired) electrons. The summed E-state index contributed by atoms with van der Waals surface area (Å²) in [6.45, 7) is 3.23. The van der Waals surface area contributed by atoms with Crippen LogP contribution in [-0.4, -0.2) is 22.5 Å². The molecule has 0 aliphatic rings. The van der Waals surface area contributed by atoms with E-state index in [2.05, 4.69) is 20.8 Å². The molecule has 1 aromatic heterocycles. The first-order valence-corrected chi connectivity index (χ1v) is 8.11.